The minimum atomic E-state index is -1.46. The number of hydrogen-bond acceptors (Lipinski definition) is 1. The molecule has 0 aromatic heterocycles. The van der Waals surface area contributed by atoms with Crippen LogP contribution in [-0.4, -0.2) is 8.32 Å². The molecule has 0 aromatic rings. The minimum Gasteiger partial charge on any atom is -0.547 e. The zero-order valence-electron chi connectivity index (χ0n) is 12.5. The van der Waals surface area contributed by atoms with Crippen molar-refractivity contribution in [1.29, 1.82) is 0 Å². The summed E-state index contributed by atoms with van der Waals surface area (Å²) in [4.78, 5) is 0. The van der Waals surface area contributed by atoms with Gasteiger partial charge in [-0.2, -0.15) is 0 Å². The molecule has 0 bridgehead atoms. The Bertz CT molecular complexity index is 269. The van der Waals surface area contributed by atoms with Crippen molar-refractivity contribution in [3.8, 4) is 0 Å². The summed E-state index contributed by atoms with van der Waals surface area (Å²) in [5.41, 5.74) is 0. The molecule has 0 radical (unpaired) electrons. The fraction of sp³-hybridized carbons (Fsp3) is 0.750. The van der Waals surface area contributed by atoms with E-state index in [9.17, 15) is 0 Å². The molecule has 0 heterocycles. The zero-order valence-corrected chi connectivity index (χ0v) is 13.5. The fourth-order valence-corrected chi connectivity index (χ4v) is 3.50. The van der Waals surface area contributed by atoms with Crippen LogP contribution in [0.1, 0.15) is 51.4 Å². The molecule has 1 aliphatic rings. The minimum absolute atomic E-state index is 0.703. The first-order chi connectivity index (χ1) is 8.53. The first kappa shape index (κ1) is 15.6. The molecule has 0 atom stereocenters. The maximum atomic E-state index is 6.33. The van der Waals surface area contributed by atoms with Crippen LogP contribution in [0.25, 0.3) is 0 Å². The number of rotatable bonds is 7. The van der Waals surface area contributed by atoms with E-state index in [1.165, 1.54) is 44.3 Å². The van der Waals surface area contributed by atoms with Crippen LogP contribution in [0.15, 0.2) is 24.5 Å². The zero-order chi connectivity index (χ0) is 13.4. The van der Waals surface area contributed by atoms with Crippen molar-refractivity contribution in [3.05, 3.63) is 24.5 Å². The van der Waals surface area contributed by atoms with Gasteiger partial charge in [0.1, 0.15) is 0 Å². The van der Waals surface area contributed by atoms with Crippen LogP contribution >= 0.6 is 0 Å². The fourth-order valence-electron chi connectivity index (χ4n) is 2.54. The molecule has 0 amide bonds. The normalized spacial score (nSPS) is 18.7. The molecule has 0 saturated heterocycles. The second-order valence-corrected chi connectivity index (χ2v) is 10.8. The molecule has 104 valence electrons. The molecule has 1 nitrogen and oxygen atoms in total. The summed E-state index contributed by atoms with van der Waals surface area (Å²) in [6.45, 7) is 10.6. The first-order valence-corrected chi connectivity index (χ1v) is 10.9. The predicted molar refractivity (Wildman–Crippen MR) is 83.1 cm³/mol. The van der Waals surface area contributed by atoms with Gasteiger partial charge in [-0.3, -0.25) is 0 Å². The number of allylic oxidation sites excluding steroid dienone is 3. The molecule has 0 aromatic carbocycles. The van der Waals surface area contributed by atoms with Crippen LogP contribution in [0.2, 0.25) is 19.6 Å². The SMILES string of the molecule is C=CCCC/C=C(\O[Si](C)(C)C)C1CCCCC1. The summed E-state index contributed by atoms with van der Waals surface area (Å²) in [5.74, 6) is 2.02. The molecule has 2 heteroatoms. The number of unbranched alkanes of at least 4 members (excludes halogenated alkanes) is 2. The van der Waals surface area contributed by atoms with E-state index in [0.29, 0.717) is 5.92 Å². The quantitative estimate of drug-likeness (QED) is 0.250. The van der Waals surface area contributed by atoms with Gasteiger partial charge >= 0.3 is 0 Å². The van der Waals surface area contributed by atoms with E-state index in [1.54, 1.807) is 0 Å². The van der Waals surface area contributed by atoms with Gasteiger partial charge in [-0.05, 0) is 57.8 Å². The lowest BCUT2D eigenvalue weighted by atomic mass is 9.87. The van der Waals surface area contributed by atoms with Crippen LogP contribution in [0.4, 0.5) is 0 Å². The topological polar surface area (TPSA) is 9.23 Å². The highest BCUT2D eigenvalue weighted by Crippen LogP contribution is 2.32. The molecule has 1 rings (SSSR count). The third-order valence-electron chi connectivity index (χ3n) is 3.39. The van der Waals surface area contributed by atoms with Crippen LogP contribution in [0.3, 0.4) is 0 Å². The van der Waals surface area contributed by atoms with Crippen LogP contribution in [-0.2, 0) is 4.43 Å². The van der Waals surface area contributed by atoms with E-state index in [4.69, 9.17) is 4.43 Å². The maximum absolute atomic E-state index is 6.33. The Labute approximate surface area is 114 Å². The van der Waals surface area contributed by atoms with Crippen LogP contribution < -0.4 is 0 Å². The van der Waals surface area contributed by atoms with Crippen molar-refractivity contribution in [2.75, 3.05) is 0 Å². The number of hydrogen-bond donors (Lipinski definition) is 0. The Hall–Kier alpha value is -0.503. The van der Waals surface area contributed by atoms with Crippen molar-refractivity contribution < 1.29 is 4.43 Å². The first-order valence-electron chi connectivity index (χ1n) is 7.53. The molecule has 0 unspecified atom stereocenters. The summed E-state index contributed by atoms with van der Waals surface area (Å²) >= 11 is 0. The smallest absolute Gasteiger partial charge is 0.241 e. The van der Waals surface area contributed by atoms with Crippen LogP contribution in [0, 0.1) is 5.92 Å². The molecule has 1 saturated carbocycles. The van der Waals surface area contributed by atoms with Gasteiger partial charge in [0.2, 0.25) is 8.32 Å². The van der Waals surface area contributed by atoms with Gasteiger partial charge in [-0.25, -0.2) is 0 Å². The van der Waals surface area contributed by atoms with Crippen molar-refractivity contribution in [2.24, 2.45) is 5.92 Å². The van der Waals surface area contributed by atoms with E-state index >= 15 is 0 Å². The summed E-state index contributed by atoms with van der Waals surface area (Å²) in [7, 11) is -1.46. The Balaban J connectivity index is 2.57. The summed E-state index contributed by atoms with van der Waals surface area (Å²) in [6, 6.07) is 0. The molecule has 0 aliphatic heterocycles. The Morgan fingerprint density at radius 1 is 1.17 bits per heavy atom. The molecule has 1 fully saturated rings. The van der Waals surface area contributed by atoms with Crippen molar-refractivity contribution in [2.45, 2.75) is 71.0 Å². The summed E-state index contributed by atoms with van der Waals surface area (Å²) < 4.78 is 6.33. The van der Waals surface area contributed by atoms with E-state index in [2.05, 4.69) is 32.3 Å². The lowest BCUT2D eigenvalue weighted by molar-refractivity contribution is 0.283. The third kappa shape index (κ3) is 6.44. The highest BCUT2D eigenvalue weighted by atomic mass is 28.4. The highest BCUT2D eigenvalue weighted by Gasteiger charge is 2.24. The average molecular weight is 267 g/mol. The van der Waals surface area contributed by atoms with Gasteiger partial charge in [0, 0.05) is 5.92 Å². The molecule has 0 N–H and O–H groups in total. The van der Waals surface area contributed by atoms with Gasteiger partial charge in [0.05, 0.1) is 5.76 Å². The van der Waals surface area contributed by atoms with E-state index < -0.39 is 8.32 Å². The second kappa shape index (κ2) is 7.83. The van der Waals surface area contributed by atoms with Gasteiger partial charge in [-0.15, -0.1) is 6.58 Å². The molecular weight excluding hydrogens is 236 g/mol. The lowest BCUT2D eigenvalue weighted by Gasteiger charge is -2.30. The standard InChI is InChI=1S/C16H30OSi/c1-5-6-7-11-14-16(17-18(2,3)4)15-12-9-8-10-13-15/h5,14-15H,1,6-13H2,2-4H3/b16-14-. The monoisotopic (exact) mass is 266 g/mol. The van der Waals surface area contributed by atoms with E-state index in [-0.39, 0.29) is 0 Å². The molecule has 18 heavy (non-hydrogen) atoms. The molecule has 0 spiro atoms. The Kier molecular flexibility index (Phi) is 6.76. The van der Waals surface area contributed by atoms with Crippen molar-refractivity contribution in [1.82, 2.24) is 0 Å². The average Bonchev–Trinajstić information content (AvgIpc) is 2.33. The van der Waals surface area contributed by atoms with Gasteiger partial charge in [0.15, 0.2) is 0 Å². The third-order valence-corrected chi connectivity index (χ3v) is 4.24. The molecular formula is C16H30OSi. The van der Waals surface area contributed by atoms with Gasteiger partial charge < -0.3 is 4.43 Å². The van der Waals surface area contributed by atoms with Gasteiger partial charge in [-0.1, -0.05) is 25.3 Å². The highest BCUT2D eigenvalue weighted by molar-refractivity contribution is 6.70. The Morgan fingerprint density at radius 2 is 1.83 bits per heavy atom. The Morgan fingerprint density at radius 3 is 2.39 bits per heavy atom. The second-order valence-electron chi connectivity index (χ2n) is 6.38. The summed E-state index contributed by atoms with van der Waals surface area (Å²) in [5, 5.41) is 0. The van der Waals surface area contributed by atoms with E-state index in [0.717, 1.165) is 12.8 Å². The van der Waals surface area contributed by atoms with Gasteiger partial charge in [0.25, 0.3) is 0 Å². The van der Waals surface area contributed by atoms with Crippen molar-refractivity contribution in [3.63, 3.8) is 0 Å². The molecule has 1 aliphatic carbocycles. The predicted octanol–water partition coefficient (Wildman–Crippen LogP) is 5.66. The van der Waals surface area contributed by atoms with Crippen LogP contribution in [0.5, 0.6) is 0 Å². The summed E-state index contributed by atoms with van der Waals surface area (Å²) in [6.07, 6.45) is 14.7. The maximum Gasteiger partial charge on any atom is 0.241 e. The van der Waals surface area contributed by atoms with Crippen molar-refractivity contribution >= 4 is 8.32 Å². The lowest BCUT2D eigenvalue weighted by Crippen LogP contribution is -2.28. The largest absolute Gasteiger partial charge is 0.547 e. The van der Waals surface area contributed by atoms with E-state index in [1.807, 2.05) is 6.08 Å².